The zero-order valence-corrected chi connectivity index (χ0v) is 14.6. The quantitative estimate of drug-likeness (QED) is 0.769. The van der Waals surface area contributed by atoms with Crippen molar-refractivity contribution in [3.05, 3.63) is 52.5 Å². The summed E-state index contributed by atoms with van der Waals surface area (Å²) in [6, 6.07) is 10.7. The number of para-hydroxylation sites is 2. The molecule has 0 aliphatic carbocycles. The summed E-state index contributed by atoms with van der Waals surface area (Å²) in [5.74, 6) is 0.603. The van der Waals surface area contributed by atoms with Crippen LogP contribution in [0.2, 0.25) is 0 Å². The van der Waals surface area contributed by atoms with E-state index in [9.17, 15) is 9.59 Å². The smallest absolute Gasteiger partial charge is 0.261 e. The highest BCUT2D eigenvalue weighted by atomic mass is 32.1. The van der Waals surface area contributed by atoms with Gasteiger partial charge in [0.05, 0.1) is 28.0 Å². The van der Waals surface area contributed by atoms with E-state index in [1.54, 1.807) is 13.0 Å². The van der Waals surface area contributed by atoms with Crippen LogP contribution in [-0.2, 0) is 4.79 Å². The zero-order valence-electron chi connectivity index (χ0n) is 13.8. The average molecular weight is 341 g/mol. The number of rotatable bonds is 5. The first-order chi connectivity index (χ1) is 11.5. The van der Waals surface area contributed by atoms with Crippen molar-refractivity contribution in [2.24, 2.45) is 0 Å². The molecular formula is C18H19N3O2S. The SMILES string of the molecule is CC(=O)C(C)n1c(C(C)NC(=O)c2cccs2)nc2ccccc21. The van der Waals surface area contributed by atoms with E-state index in [2.05, 4.69) is 10.3 Å². The Morgan fingerprint density at radius 1 is 1.17 bits per heavy atom. The second kappa shape index (κ2) is 6.57. The second-order valence-electron chi connectivity index (χ2n) is 5.79. The van der Waals surface area contributed by atoms with Crippen molar-refractivity contribution < 1.29 is 9.59 Å². The largest absolute Gasteiger partial charge is 0.342 e. The van der Waals surface area contributed by atoms with Gasteiger partial charge < -0.3 is 9.88 Å². The van der Waals surface area contributed by atoms with Gasteiger partial charge in [-0.05, 0) is 44.4 Å². The van der Waals surface area contributed by atoms with Crippen LogP contribution >= 0.6 is 11.3 Å². The Hall–Kier alpha value is -2.47. The first kappa shape index (κ1) is 16.4. The number of aromatic nitrogens is 2. The van der Waals surface area contributed by atoms with Crippen LogP contribution in [0.3, 0.4) is 0 Å². The molecule has 0 aliphatic heterocycles. The van der Waals surface area contributed by atoms with E-state index in [0.29, 0.717) is 10.7 Å². The van der Waals surface area contributed by atoms with Crippen LogP contribution < -0.4 is 5.32 Å². The van der Waals surface area contributed by atoms with Crippen LogP contribution in [0.25, 0.3) is 11.0 Å². The molecule has 5 nitrogen and oxygen atoms in total. The van der Waals surface area contributed by atoms with Gasteiger partial charge in [-0.2, -0.15) is 0 Å². The van der Waals surface area contributed by atoms with E-state index in [4.69, 9.17) is 0 Å². The summed E-state index contributed by atoms with van der Waals surface area (Å²) in [5, 5.41) is 4.84. The fourth-order valence-corrected chi connectivity index (χ4v) is 3.32. The molecule has 1 N–H and O–H groups in total. The molecule has 124 valence electrons. The van der Waals surface area contributed by atoms with E-state index in [0.717, 1.165) is 11.0 Å². The first-order valence-corrected chi connectivity index (χ1v) is 8.68. The predicted octanol–water partition coefficient (Wildman–Crippen LogP) is 3.74. The summed E-state index contributed by atoms with van der Waals surface area (Å²) in [7, 11) is 0. The third-order valence-electron chi connectivity index (χ3n) is 4.08. The van der Waals surface area contributed by atoms with Crippen molar-refractivity contribution in [2.45, 2.75) is 32.9 Å². The van der Waals surface area contributed by atoms with Gasteiger partial charge >= 0.3 is 0 Å². The Balaban J connectivity index is 2.00. The van der Waals surface area contributed by atoms with Crippen LogP contribution in [0.15, 0.2) is 41.8 Å². The number of Topliss-reactive ketones (excluding diaryl/α,β-unsaturated/α-hetero) is 1. The molecule has 24 heavy (non-hydrogen) atoms. The number of hydrogen-bond donors (Lipinski definition) is 1. The number of hydrogen-bond acceptors (Lipinski definition) is 4. The number of thiophene rings is 1. The molecule has 2 heterocycles. The molecule has 0 radical (unpaired) electrons. The number of fused-ring (bicyclic) bond motifs is 1. The second-order valence-corrected chi connectivity index (χ2v) is 6.74. The van der Waals surface area contributed by atoms with E-state index in [1.807, 2.05) is 54.1 Å². The minimum absolute atomic E-state index is 0.0520. The lowest BCUT2D eigenvalue weighted by atomic mass is 10.2. The lowest BCUT2D eigenvalue weighted by molar-refractivity contribution is -0.119. The third kappa shape index (κ3) is 2.97. The van der Waals surface area contributed by atoms with Gasteiger partial charge in [-0.1, -0.05) is 18.2 Å². The van der Waals surface area contributed by atoms with Gasteiger partial charge in [-0.25, -0.2) is 4.98 Å². The standard InChI is InChI=1S/C18H19N3O2S/c1-11(19-18(23)16-9-6-10-24-16)17-20-14-7-4-5-8-15(14)21(17)12(2)13(3)22/h4-12H,1-3H3,(H,19,23). The summed E-state index contributed by atoms with van der Waals surface area (Å²) in [5.41, 5.74) is 1.71. The summed E-state index contributed by atoms with van der Waals surface area (Å²) < 4.78 is 1.91. The van der Waals surface area contributed by atoms with Crippen LogP contribution in [0.1, 0.15) is 48.4 Å². The molecule has 0 spiro atoms. The number of amides is 1. The maximum absolute atomic E-state index is 12.3. The number of ketones is 1. The van der Waals surface area contributed by atoms with Crippen molar-refractivity contribution >= 4 is 34.1 Å². The highest BCUT2D eigenvalue weighted by molar-refractivity contribution is 7.12. The molecule has 2 atom stereocenters. The summed E-state index contributed by atoms with van der Waals surface area (Å²) in [4.78, 5) is 29.6. The fourth-order valence-electron chi connectivity index (χ4n) is 2.70. The normalized spacial score (nSPS) is 13.6. The van der Waals surface area contributed by atoms with Gasteiger partial charge in [-0.15, -0.1) is 11.3 Å². The maximum Gasteiger partial charge on any atom is 0.261 e. The van der Waals surface area contributed by atoms with Crippen molar-refractivity contribution in [1.29, 1.82) is 0 Å². The minimum atomic E-state index is -0.339. The highest BCUT2D eigenvalue weighted by Crippen LogP contribution is 2.26. The average Bonchev–Trinajstić information content (AvgIpc) is 3.21. The van der Waals surface area contributed by atoms with E-state index in [-0.39, 0.29) is 23.8 Å². The van der Waals surface area contributed by atoms with E-state index < -0.39 is 0 Å². The summed E-state index contributed by atoms with van der Waals surface area (Å²) in [6.07, 6.45) is 0. The molecule has 0 saturated heterocycles. The number of benzene rings is 1. The fraction of sp³-hybridized carbons (Fsp3) is 0.278. The highest BCUT2D eigenvalue weighted by Gasteiger charge is 2.23. The van der Waals surface area contributed by atoms with Crippen LogP contribution in [-0.4, -0.2) is 21.2 Å². The molecule has 6 heteroatoms. The third-order valence-corrected chi connectivity index (χ3v) is 4.95. The number of carbonyl (C=O) groups is 2. The molecule has 1 amide bonds. The molecule has 3 rings (SSSR count). The molecular weight excluding hydrogens is 322 g/mol. The van der Waals surface area contributed by atoms with Crippen molar-refractivity contribution in [2.75, 3.05) is 0 Å². The van der Waals surface area contributed by atoms with Gasteiger partial charge in [0.1, 0.15) is 5.82 Å². The molecule has 0 aliphatic rings. The number of nitrogens with one attached hydrogen (secondary N) is 1. The van der Waals surface area contributed by atoms with Gasteiger partial charge in [0.25, 0.3) is 5.91 Å². The van der Waals surface area contributed by atoms with E-state index >= 15 is 0 Å². The van der Waals surface area contributed by atoms with Crippen molar-refractivity contribution in [3.63, 3.8) is 0 Å². The zero-order chi connectivity index (χ0) is 17.3. The minimum Gasteiger partial charge on any atom is -0.342 e. The van der Waals surface area contributed by atoms with Gasteiger partial charge in [0, 0.05) is 0 Å². The molecule has 3 aromatic rings. The monoisotopic (exact) mass is 341 g/mol. The number of carbonyl (C=O) groups excluding carboxylic acids is 2. The predicted molar refractivity (Wildman–Crippen MR) is 95.3 cm³/mol. The number of nitrogens with zero attached hydrogens (tertiary/aromatic N) is 2. The first-order valence-electron chi connectivity index (χ1n) is 7.80. The van der Waals surface area contributed by atoms with Gasteiger partial charge in [-0.3, -0.25) is 9.59 Å². The maximum atomic E-state index is 12.3. The molecule has 0 fully saturated rings. The Morgan fingerprint density at radius 2 is 1.92 bits per heavy atom. The van der Waals surface area contributed by atoms with Crippen LogP contribution in [0, 0.1) is 0 Å². The van der Waals surface area contributed by atoms with Crippen molar-refractivity contribution in [3.8, 4) is 0 Å². The number of imidazole rings is 1. The molecule has 2 unspecified atom stereocenters. The van der Waals surface area contributed by atoms with Crippen LogP contribution in [0.4, 0.5) is 0 Å². The Labute approximate surface area is 144 Å². The van der Waals surface area contributed by atoms with Crippen LogP contribution in [0.5, 0.6) is 0 Å². The lowest BCUT2D eigenvalue weighted by Crippen LogP contribution is -2.29. The molecule has 2 aromatic heterocycles. The molecule has 1 aromatic carbocycles. The Kier molecular flexibility index (Phi) is 4.49. The summed E-state index contributed by atoms with van der Waals surface area (Å²) in [6.45, 7) is 5.31. The topological polar surface area (TPSA) is 64.0 Å². The lowest BCUT2D eigenvalue weighted by Gasteiger charge is -2.19. The summed E-state index contributed by atoms with van der Waals surface area (Å²) >= 11 is 1.40. The van der Waals surface area contributed by atoms with E-state index in [1.165, 1.54) is 11.3 Å². The molecule has 0 bridgehead atoms. The Bertz CT molecular complexity index is 883. The molecule has 0 saturated carbocycles. The van der Waals surface area contributed by atoms with Gasteiger partial charge in [0.15, 0.2) is 5.78 Å². The van der Waals surface area contributed by atoms with Crippen molar-refractivity contribution in [1.82, 2.24) is 14.9 Å². The van der Waals surface area contributed by atoms with Gasteiger partial charge in [0.2, 0.25) is 0 Å². The Morgan fingerprint density at radius 3 is 2.58 bits per heavy atom.